The standard InChI is InChI=1S/C15H13Cl2NO2/c16-9-11-3-1-2-4-14(11)18-15(19)10-20-13-7-5-12(17)6-8-13/h1-8H,9-10H2,(H,18,19). The number of carbonyl (C=O) groups is 1. The number of hydrogen-bond donors (Lipinski definition) is 1. The van der Waals surface area contributed by atoms with E-state index in [1.165, 1.54) is 0 Å². The highest BCUT2D eigenvalue weighted by molar-refractivity contribution is 6.30. The van der Waals surface area contributed by atoms with E-state index < -0.39 is 0 Å². The van der Waals surface area contributed by atoms with Crippen molar-refractivity contribution < 1.29 is 9.53 Å². The lowest BCUT2D eigenvalue weighted by molar-refractivity contribution is -0.118. The monoisotopic (exact) mass is 309 g/mol. The lowest BCUT2D eigenvalue weighted by Gasteiger charge is -2.10. The Bertz CT molecular complexity index is 585. The fraction of sp³-hybridized carbons (Fsp3) is 0.133. The second kappa shape index (κ2) is 7.17. The highest BCUT2D eigenvalue weighted by Crippen LogP contribution is 2.18. The Balaban J connectivity index is 1.91. The zero-order valence-corrected chi connectivity index (χ0v) is 12.1. The van der Waals surface area contributed by atoms with Crippen LogP contribution in [0.4, 0.5) is 5.69 Å². The molecule has 2 rings (SSSR count). The predicted octanol–water partition coefficient (Wildman–Crippen LogP) is 4.10. The van der Waals surface area contributed by atoms with Gasteiger partial charge in [-0.1, -0.05) is 29.8 Å². The van der Waals surface area contributed by atoms with Crippen LogP contribution in [-0.4, -0.2) is 12.5 Å². The summed E-state index contributed by atoms with van der Waals surface area (Å²) < 4.78 is 5.36. The van der Waals surface area contributed by atoms with Crippen LogP contribution in [0.25, 0.3) is 0 Å². The fourth-order valence-electron chi connectivity index (χ4n) is 1.62. The number of hydrogen-bond acceptors (Lipinski definition) is 2. The van der Waals surface area contributed by atoms with E-state index in [4.69, 9.17) is 27.9 Å². The van der Waals surface area contributed by atoms with Gasteiger partial charge in [-0.15, -0.1) is 11.6 Å². The minimum atomic E-state index is -0.238. The van der Waals surface area contributed by atoms with E-state index in [1.54, 1.807) is 30.3 Å². The number of rotatable bonds is 5. The van der Waals surface area contributed by atoms with Crippen molar-refractivity contribution in [2.75, 3.05) is 11.9 Å². The number of ether oxygens (including phenoxy) is 1. The molecule has 0 atom stereocenters. The second-order valence-corrected chi connectivity index (χ2v) is 4.79. The third kappa shape index (κ3) is 4.15. The molecule has 20 heavy (non-hydrogen) atoms. The Hall–Kier alpha value is -1.71. The molecule has 1 N–H and O–H groups in total. The first-order valence-corrected chi connectivity index (χ1v) is 6.92. The molecule has 0 aliphatic carbocycles. The van der Waals surface area contributed by atoms with Crippen LogP contribution in [0.1, 0.15) is 5.56 Å². The van der Waals surface area contributed by atoms with Gasteiger partial charge in [-0.05, 0) is 35.9 Å². The molecule has 0 aliphatic rings. The third-order valence-corrected chi connectivity index (χ3v) is 3.16. The molecule has 3 nitrogen and oxygen atoms in total. The van der Waals surface area contributed by atoms with Crippen LogP contribution >= 0.6 is 23.2 Å². The van der Waals surface area contributed by atoms with Crippen molar-refractivity contribution >= 4 is 34.8 Å². The molecule has 0 heterocycles. The molecule has 0 saturated carbocycles. The van der Waals surface area contributed by atoms with E-state index in [2.05, 4.69) is 5.32 Å². The number of benzene rings is 2. The molecule has 104 valence electrons. The molecule has 0 bridgehead atoms. The Morgan fingerprint density at radius 3 is 2.50 bits per heavy atom. The Labute approximate surface area is 127 Å². The van der Waals surface area contributed by atoms with Crippen molar-refractivity contribution in [3.63, 3.8) is 0 Å². The summed E-state index contributed by atoms with van der Waals surface area (Å²) in [5.74, 6) is 0.696. The highest BCUT2D eigenvalue weighted by Gasteiger charge is 2.06. The number of nitrogens with one attached hydrogen (secondary N) is 1. The molecule has 0 unspecified atom stereocenters. The van der Waals surface area contributed by atoms with Crippen molar-refractivity contribution in [1.29, 1.82) is 0 Å². The van der Waals surface area contributed by atoms with Crippen LogP contribution in [0.3, 0.4) is 0 Å². The second-order valence-electron chi connectivity index (χ2n) is 4.08. The minimum Gasteiger partial charge on any atom is -0.484 e. The van der Waals surface area contributed by atoms with Crippen LogP contribution in [0, 0.1) is 0 Å². The summed E-state index contributed by atoms with van der Waals surface area (Å²) in [6, 6.07) is 14.2. The van der Waals surface area contributed by atoms with Crippen molar-refractivity contribution in [2.24, 2.45) is 0 Å². The molecule has 2 aromatic carbocycles. The van der Waals surface area contributed by atoms with Crippen LogP contribution in [0.2, 0.25) is 5.02 Å². The van der Waals surface area contributed by atoms with E-state index in [0.717, 1.165) is 5.56 Å². The first-order valence-electron chi connectivity index (χ1n) is 6.01. The van der Waals surface area contributed by atoms with Gasteiger partial charge in [0.1, 0.15) is 5.75 Å². The van der Waals surface area contributed by atoms with Crippen LogP contribution in [0.15, 0.2) is 48.5 Å². The van der Waals surface area contributed by atoms with Gasteiger partial charge in [-0.3, -0.25) is 4.79 Å². The van der Waals surface area contributed by atoms with Crippen molar-refractivity contribution in [3.05, 3.63) is 59.1 Å². The van der Waals surface area contributed by atoms with Crippen molar-refractivity contribution in [3.8, 4) is 5.75 Å². The van der Waals surface area contributed by atoms with E-state index >= 15 is 0 Å². The average Bonchev–Trinajstić information content (AvgIpc) is 2.47. The largest absolute Gasteiger partial charge is 0.484 e. The van der Waals surface area contributed by atoms with Gasteiger partial charge in [0.25, 0.3) is 5.91 Å². The number of alkyl halides is 1. The van der Waals surface area contributed by atoms with Crippen LogP contribution in [0.5, 0.6) is 5.75 Å². The summed E-state index contributed by atoms with van der Waals surface area (Å²) >= 11 is 11.6. The van der Waals surface area contributed by atoms with Gasteiger partial charge in [0.15, 0.2) is 6.61 Å². The molecular formula is C15H13Cl2NO2. The SMILES string of the molecule is O=C(COc1ccc(Cl)cc1)Nc1ccccc1CCl. The van der Waals surface area contributed by atoms with E-state index in [1.807, 2.05) is 18.2 Å². The first kappa shape index (κ1) is 14.7. The number of amides is 1. The van der Waals surface area contributed by atoms with E-state index in [9.17, 15) is 4.79 Å². The summed E-state index contributed by atoms with van der Waals surface area (Å²) in [6.45, 7) is -0.0712. The molecule has 0 aromatic heterocycles. The van der Waals surface area contributed by atoms with E-state index in [0.29, 0.717) is 22.3 Å². The Morgan fingerprint density at radius 2 is 1.80 bits per heavy atom. The molecule has 0 saturated heterocycles. The summed E-state index contributed by atoms with van der Waals surface area (Å²) in [7, 11) is 0. The fourth-order valence-corrected chi connectivity index (χ4v) is 1.98. The Kier molecular flexibility index (Phi) is 5.27. The lowest BCUT2D eigenvalue weighted by Crippen LogP contribution is -2.20. The summed E-state index contributed by atoms with van der Waals surface area (Å²) in [6.07, 6.45) is 0. The molecule has 0 aliphatic heterocycles. The molecule has 1 amide bonds. The smallest absolute Gasteiger partial charge is 0.262 e. The molecule has 0 radical (unpaired) electrons. The maximum absolute atomic E-state index is 11.8. The average molecular weight is 310 g/mol. The molecule has 0 fully saturated rings. The zero-order valence-electron chi connectivity index (χ0n) is 10.6. The van der Waals surface area contributed by atoms with Gasteiger partial charge in [-0.25, -0.2) is 0 Å². The normalized spacial score (nSPS) is 10.1. The summed E-state index contributed by atoms with van der Waals surface area (Å²) in [5.41, 5.74) is 1.57. The Morgan fingerprint density at radius 1 is 1.10 bits per heavy atom. The number of para-hydroxylation sites is 1. The first-order chi connectivity index (χ1) is 9.69. The van der Waals surface area contributed by atoms with Gasteiger partial charge < -0.3 is 10.1 Å². The molecular weight excluding hydrogens is 297 g/mol. The van der Waals surface area contributed by atoms with E-state index in [-0.39, 0.29) is 12.5 Å². The van der Waals surface area contributed by atoms with Gasteiger partial charge in [0.2, 0.25) is 0 Å². The topological polar surface area (TPSA) is 38.3 Å². The quantitative estimate of drug-likeness (QED) is 0.845. The molecule has 2 aromatic rings. The van der Waals surface area contributed by atoms with Crippen LogP contribution < -0.4 is 10.1 Å². The maximum atomic E-state index is 11.8. The minimum absolute atomic E-state index is 0.0712. The maximum Gasteiger partial charge on any atom is 0.262 e. The molecule has 0 spiro atoms. The van der Waals surface area contributed by atoms with Crippen LogP contribution in [-0.2, 0) is 10.7 Å². The highest BCUT2D eigenvalue weighted by atomic mass is 35.5. The summed E-state index contributed by atoms with van der Waals surface area (Å²) in [5, 5.41) is 3.39. The van der Waals surface area contributed by atoms with Gasteiger partial charge >= 0.3 is 0 Å². The van der Waals surface area contributed by atoms with Crippen molar-refractivity contribution in [2.45, 2.75) is 5.88 Å². The number of carbonyl (C=O) groups excluding carboxylic acids is 1. The lowest BCUT2D eigenvalue weighted by atomic mass is 10.2. The zero-order chi connectivity index (χ0) is 14.4. The number of anilines is 1. The van der Waals surface area contributed by atoms with Gasteiger partial charge in [-0.2, -0.15) is 0 Å². The van der Waals surface area contributed by atoms with Crippen molar-refractivity contribution in [1.82, 2.24) is 0 Å². The summed E-state index contributed by atoms with van der Waals surface area (Å²) in [4.78, 5) is 11.8. The number of halogens is 2. The van der Waals surface area contributed by atoms with Gasteiger partial charge in [0.05, 0.1) is 0 Å². The third-order valence-electron chi connectivity index (χ3n) is 2.62. The molecule has 5 heteroatoms. The van der Waals surface area contributed by atoms with Gasteiger partial charge in [0, 0.05) is 16.6 Å². The predicted molar refractivity (Wildman–Crippen MR) is 81.6 cm³/mol.